The van der Waals surface area contributed by atoms with E-state index in [9.17, 15) is 8.78 Å². The fourth-order valence-electron chi connectivity index (χ4n) is 0.0495. The van der Waals surface area contributed by atoms with Gasteiger partial charge in [0, 0.05) is 6.08 Å². The second-order valence-electron chi connectivity index (χ2n) is 0.597. The standard InChI is InChI=1S/C3H2F2O/c4-2-1-3(5)6/h1-2H. The summed E-state index contributed by atoms with van der Waals surface area (Å²) in [7, 11) is 0. The van der Waals surface area contributed by atoms with E-state index in [1.165, 1.54) is 0 Å². The van der Waals surface area contributed by atoms with E-state index in [4.69, 9.17) is 4.79 Å². The van der Waals surface area contributed by atoms with Crippen LogP contribution >= 0.6 is 0 Å². The molecule has 0 saturated heterocycles. The second kappa shape index (κ2) is 2.50. The van der Waals surface area contributed by atoms with Crippen LogP contribution in [0.5, 0.6) is 0 Å². The average molecular weight is 92.0 g/mol. The summed E-state index contributed by atoms with van der Waals surface area (Å²) in [5.41, 5.74) is 0. The molecule has 0 rings (SSSR count). The first kappa shape index (κ1) is 5.27. The summed E-state index contributed by atoms with van der Waals surface area (Å²) >= 11 is 0. The largest absolute Gasteiger partial charge is 0.327 e. The maximum atomic E-state index is 10.7. The summed E-state index contributed by atoms with van der Waals surface area (Å²) in [6.45, 7) is 0. The zero-order valence-corrected chi connectivity index (χ0v) is 2.82. The summed E-state index contributed by atoms with van der Waals surface area (Å²) in [6.07, 6.45) is 0.0440. The first-order chi connectivity index (χ1) is 2.77. The van der Waals surface area contributed by atoms with Gasteiger partial charge >= 0.3 is 6.04 Å². The molecule has 0 aliphatic heterocycles. The van der Waals surface area contributed by atoms with Crippen LogP contribution in [0.15, 0.2) is 12.4 Å². The Hall–Kier alpha value is -0.730. The Bertz CT molecular complexity index is 76.9. The van der Waals surface area contributed by atoms with Crippen LogP contribution in [0.3, 0.4) is 0 Å². The van der Waals surface area contributed by atoms with Crippen LogP contribution in [0.4, 0.5) is 8.78 Å². The molecule has 0 radical (unpaired) electrons. The van der Waals surface area contributed by atoms with Crippen molar-refractivity contribution in [3.63, 3.8) is 0 Å². The zero-order chi connectivity index (χ0) is 4.99. The Kier molecular flexibility index (Phi) is 2.20. The van der Waals surface area contributed by atoms with Gasteiger partial charge in [-0.3, -0.25) is 4.79 Å². The number of carbonyl (C=O) groups excluding carboxylic acids is 1. The predicted molar refractivity (Wildman–Crippen MR) is 16.4 cm³/mol. The van der Waals surface area contributed by atoms with Gasteiger partial charge in [-0.25, -0.2) is 4.39 Å². The van der Waals surface area contributed by atoms with Crippen molar-refractivity contribution in [2.45, 2.75) is 0 Å². The number of carbonyl (C=O) groups is 1. The molecule has 0 aliphatic rings. The van der Waals surface area contributed by atoms with E-state index in [1.807, 2.05) is 0 Å². The maximum Gasteiger partial charge on any atom is 0.327 e. The average Bonchev–Trinajstić information content (AvgIpc) is 1.35. The summed E-state index contributed by atoms with van der Waals surface area (Å²) in [6, 6.07) is -1.77. The molecule has 0 spiro atoms. The van der Waals surface area contributed by atoms with E-state index in [1.54, 1.807) is 0 Å². The van der Waals surface area contributed by atoms with Gasteiger partial charge in [0.15, 0.2) is 0 Å². The van der Waals surface area contributed by atoms with Crippen LogP contribution in [0.25, 0.3) is 0 Å². The topological polar surface area (TPSA) is 17.1 Å². The number of rotatable bonds is 1. The van der Waals surface area contributed by atoms with Gasteiger partial charge in [0.1, 0.15) is 0 Å². The number of hydrogen-bond donors (Lipinski definition) is 0. The van der Waals surface area contributed by atoms with Gasteiger partial charge in [-0.2, -0.15) is 4.39 Å². The Labute approximate surface area is 33.3 Å². The monoisotopic (exact) mass is 92.0 g/mol. The third-order valence-electron chi connectivity index (χ3n) is 0.194. The second-order valence-corrected chi connectivity index (χ2v) is 0.597. The molecule has 0 bridgehead atoms. The Balaban J connectivity index is 3.30. The number of allylic oxidation sites excluding steroid dienone is 1. The smallest absolute Gasteiger partial charge is 0.256 e. The summed E-state index contributed by atoms with van der Waals surface area (Å²) in [5.74, 6) is 0. The molecule has 0 saturated carbocycles. The Morgan fingerprint density at radius 3 is 2.17 bits per heavy atom. The minimum absolute atomic E-state index is 0.150. The molecule has 3 heteroatoms. The summed E-state index contributed by atoms with van der Waals surface area (Å²) < 4.78 is 21.3. The highest BCUT2D eigenvalue weighted by molar-refractivity contribution is 5.80. The quantitative estimate of drug-likeness (QED) is 0.348. The highest BCUT2D eigenvalue weighted by Crippen LogP contribution is 1.75. The molecular formula is C3H2F2O. The lowest BCUT2D eigenvalue weighted by atomic mass is 10.7. The third kappa shape index (κ3) is 3.27. The van der Waals surface area contributed by atoms with E-state index in [2.05, 4.69) is 0 Å². The van der Waals surface area contributed by atoms with Gasteiger partial charge < -0.3 is 0 Å². The maximum absolute atomic E-state index is 10.7. The van der Waals surface area contributed by atoms with Gasteiger partial charge in [0.05, 0.1) is 6.33 Å². The molecule has 1 nitrogen and oxygen atoms in total. The predicted octanol–water partition coefficient (Wildman–Crippen LogP) is 0.966. The number of hydrogen-bond acceptors (Lipinski definition) is 1. The fourth-order valence-corrected chi connectivity index (χ4v) is 0.0495. The van der Waals surface area contributed by atoms with Gasteiger partial charge in [0.2, 0.25) is 0 Å². The van der Waals surface area contributed by atoms with Crippen LogP contribution in [0.2, 0.25) is 0 Å². The molecule has 0 heterocycles. The first-order valence-electron chi connectivity index (χ1n) is 1.23. The lowest BCUT2D eigenvalue weighted by Crippen LogP contribution is -1.72. The van der Waals surface area contributed by atoms with Crippen molar-refractivity contribution in [3.05, 3.63) is 12.4 Å². The zero-order valence-electron chi connectivity index (χ0n) is 2.82. The van der Waals surface area contributed by atoms with Crippen molar-refractivity contribution in [1.29, 1.82) is 0 Å². The molecule has 0 N–H and O–H groups in total. The van der Waals surface area contributed by atoms with Crippen molar-refractivity contribution < 1.29 is 13.6 Å². The van der Waals surface area contributed by atoms with E-state index < -0.39 is 6.04 Å². The normalized spacial score (nSPS) is 9.67. The van der Waals surface area contributed by atoms with Gasteiger partial charge in [-0.15, -0.1) is 0 Å². The molecule has 0 aromatic heterocycles. The van der Waals surface area contributed by atoms with E-state index in [-0.39, 0.29) is 12.4 Å². The molecule has 0 aliphatic carbocycles. The Morgan fingerprint density at radius 1 is 1.67 bits per heavy atom. The van der Waals surface area contributed by atoms with Gasteiger partial charge in [-0.1, -0.05) is 0 Å². The molecule has 0 aromatic rings. The molecule has 0 amide bonds. The van der Waals surface area contributed by atoms with Crippen molar-refractivity contribution in [1.82, 2.24) is 0 Å². The summed E-state index contributed by atoms with van der Waals surface area (Å²) in [4.78, 5) is 9.05. The van der Waals surface area contributed by atoms with Crippen LogP contribution in [0, 0.1) is 0 Å². The van der Waals surface area contributed by atoms with Crippen molar-refractivity contribution in [2.75, 3.05) is 0 Å². The van der Waals surface area contributed by atoms with Crippen LogP contribution < -0.4 is 0 Å². The minimum Gasteiger partial charge on any atom is -0.256 e. The van der Waals surface area contributed by atoms with Crippen LogP contribution in [-0.4, -0.2) is 6.04 Å². The molecule has 34 valence electrons. The molecule has 0 aromatic carbocycles. The minimum atomic E-state index is -1.77. The fraction of sp³-hybridized carbons (Fsp3) is 0. The highest BCUT2D eigenvalue weighted by atomic mass is 19.1. The highest BCUT2D eigenvalue weighted by Gasteiger charge is 1.81. The number of halogens is 2. The third-order valence-corrected chi connectivity index (χ3v) is 0.194. The SMILES string of the molecule is O=C(F)C=CF. The van der Waals surface area contributed by atoms with E-state index >= 15 is 0 Å². The molecule has 0 unspecified atom stereocenters. The molecule has 6 heavy (non-hydrogen) atoms. The molecule has 0 fully saturated rings. The lowest BCUT2D eigenvalue weighted by Gasteiger charge is -1.61. The van der Waals surface area contributed by atoms with Crippen molar-refractivity contribution in [3.8, 4) is 0 Å². The van der Waals surface area contributed by atoms with Gasteiger partial charge in [0.25, 0.3) is 0 Å². The van der Waals surface area contributed by atoms with E-state index in [0.717, 1.165) is 0 Å². The Morgan fingerprint density at radius 2 is 2.17 bits per heavy atom. The van der Waals surface area contributed by atoms with Crippen LogP contribution in [-0.2, 0) is 4.79 Å². The van der Waals surface area contributed by atoms with E-state index in [0.29, 0.717) is 0 Å². The first-order valence-corrected chi connectivity index (χ1v) is 1.23. The van der Waals surface area contributed by atoms with Crippen LogP contribution in [0.1, 0.15) is 0 Å². The van der Waals surface area contributed by atoms with Crippen molar-refractivity contribution in [2.24, 2.45) is 0 Å². The lowest BCUT2D eigenvalue weighted by molar-refractivity contribution is -0.124. The van der Waals surface area contributed by atoms with Crippen molar-refractivity contribution >= 4 is 6.04 Å². The van der Waals surface area contributed by atoms with Gasteiger partial charge in [-0.05, 0) is 0 Å². The molecular weight excluding hydrogens is 90.0 g/mol. The molecule has 0 atom stereocenters. The summed E-state index contributed by atoms with van der Waals surface area (Å²) in [5, 5.41) is 0.